The third kappa shape index (κ3) is 1.61. The molecule has 1 rings (SSSR count). The first kappa shape index (κ1) is 7.36. The molecule has 1 fully saturated rings. The van der Waals surface area contributed by atoms with Gasteiger partial charge in [0.2, 0.25) is 0 Å². The summed E-state index contributed by atoms with van der Waals surface area (Å²) in [5, 5.41) is 11.9. The molecular formula is C7H13N3. The van der Waals surface area contributed by atoms with E-state index in [1.807, 2.05) is 0 Å². The highest BCUT2D eigenvalue weighted by Crippen LogP contribution is 2.01. The summed E-state index contributed by atoms with van der Waals surface area (Å²) in [6.45, 7) is 5.89. The molecule has 0 bridgehead atoms. The molecule has 0 unspecified atom stereocenters. The van der Waals surface area contributed by atoms with Crippen molar-refractivity contribution in [2.24, 2.45) is 0 Å². The van der Waals surface area contributed by atoms with Crippen LogP contribution >= 0.6 is 0 Å². The second-order valence-corrected chi connectivity index (χ2v) is 2.97. The van der Waals surface area contributed by atoms with E-state index in [2.05, 4.69) is 25.4 Å². The van der Waals surface area contributed by atoms with E-state index in [4.69, 9.17) is 5.26 Å². The highest BCUT2D eigenvalue weighted by atomic mass is 15.2. The predicted octanol–water partition coefficient (Wildman–Crippen LogP) is 0.150. The van der Waals surface area contributed by atoms with Gasteiger partial charge in [-0.2, -0.15) is 5.26 Å². The molecule has 0 aromatic carbocycles. The van der Waals surface area contributed by atoms with E-state index in [0.29, 0.717) is 12.1 Å². The van der Waals surface area contributed by atoms with Crippen LogP contribution in [-0.2, 0) is 0 Å². The molecule has 0 saturated carbocycles. The van der Waals surface area contributed by atoms with Crippen LogP contribution in [0.3, 0.4) is 0 Å². The number of nitriles is 1. The van der Waals surface area contributed by atoms with Gasteiger partial charge in [-0.3, -0.25) is 0 Å². The van der Waals surface area contributed by atoms with Crippen molar-refractivity contribution in [2.45, 2.75) is 25.9 Å². The van der Waals surface area contributed by atoms with Gasteiger partial charge in [-0.15, -0.1) is 0 Å². The zero-order chi connectivity index (χ0) is 7.56. The van der Waals surface area contributed by atoms with Crippen LogP contribution in [0, 0.1) is 11.5 Å². The van der Waals surface area contributed by atoms with Crippen molar-refractivity contribution in [1.29, 1.82) is 5.26 Å². The number of rotatable bonds is 0. The summed E-state index contributed by atoms with van der Waals surface area (Å²) < 4.78 is 0. The van der Waals surface area contributed by atoms with E-state index in [9.17, 15) is 0 Å². The van der Waals surface area contributed by atoms with Crippen LogP contribution in [0.15, 0.2) is 0 Å². The smallest absolute Gasteiger partial charge is 0.179 e. The Bertz CT molecular complexity index is 139. The lowest BCUT2D eigenvalue weighted by atomic mass is 10.2. The van der Waals surface area contributed by atoms with Crippen LogP contribution in [0.1, 0.15) is 13.8 Å². The largest absolute Gasteiger partial charge is 0.308 e. The molecule has 1 aliphatic rings. The summed E-state index contributed by atoms with van der Waals surface area (Å²) in [5.74, 6) is 0. The Labute approximate surface area is 61.6 Å². The van der Waals surface area contributed by atoms with Crippen LogP contribution in [0.25, 0.3) is 0 Å². The van der Waals surface area contributed by atoms with Crippen LogP contribution in [0.4, 0.5) is 0 Å². The fraction of sp³-hybridized carbons (Fsp3) is 0.857. The van der Waals surface area contributed by atoms with Gasteiger partial charge in [-0.05, 0) is 13.8 Å². The SMILES string of the molecule is C[C@@H]1CN(C#N)C[C@H](C)N1. The fourth-order valence-corrected chi connectivity index (χ4v) is 1.41. The minimum absolute atomic E-state index is 0.448. The van der Waals surface area contributed by atoms with Crippen molar-refractivity contribution < 1.29 is 0 Å². The van der Waals surface area contributed by atoms with Gasteiger partial charge < -0.3 is 10.2 Å². The van der Waals surface area contributed by atoms with Crippen LogP contribution in [-0.4, -0.2) is 30.1 Å². The maximum Gasteiger partial charge on any atom is 0.179 e. The number of hydrogen-bond acceptors (Lipinski definition) is 3. The van der Waals surface area contributed by atoms with Gasteiger partial charge >= 0.3 is 0 Å². The molecule has 0 radical (unpaired) electrons. The summed E-state index contributed by atoms with van der Waals surface area (Å²) in [7, 11) is 0. The Morgan fingerprint density at radius 2 is 1.90 bits per heavy atom. The van der Waals surface area contributed by atoms with Gasteiger partial charge in [0.05, 0.1) is 0 Å². The van der Waals surface area contributed by atoms with E-state index >= 15 is 0 Å². The molecule has 0 amide bonds. The fourth-order valence-electron chi connectivity index (χ4n) is 1.41. The molecule has 0 aliphatic carbocycles. The van der Waals surface area contributed by atoms with Gasteiger partial charge in [-0.1, -0.05) is 0 Å². The average molecular weight is 139 g/mol. The van der Waals surface area contributed by atoms with Gasteiger partial charge in [0.15, 0.2) is 6.19 Å². The van der Waals surface area contributed by atoms with Crippen molar-refractivity contribution in [1.82, 2.24) is 10.2 Å². The average Bonchev–Trinajstić information content (AvgIpc) is 1.85. The Balaban J connectivity index is 2.44. The predicted molar refractivity (Wildman–Crippen MR) is 39.2 cm³/mol. The van der Waals surface area contributed by atoms with E-state index in [0.717, 1.165) is 13.1 Å². The van der Waals surface area contributed by atoms with Gasteiger partial charge in [0.25, 0.3) is 0 Å². The normalized spacial score (nSPS) is 33.5. The summed E-state index contributed by atoms with van der Waals surface area (Å²) in [6.07, 6.45) is 2.16. The quantitative estimate of drug-likeness (QED) is 0.485. The summed E-state index contributed by atoms with van der Waals surface area (Å²) in [6, 6.07) is 0.895. The first-order chi connectivity index (χ1) is 4.72. The van der Waals surface area contributed by atoms with Crippen LogP contribution < -0.4 is 5.32 Å². The van der Waals surface area contributed by atoms with Crippen molar-refractivity contribution in [3.05, 3.63) is 0 Å². The molecule has 1 heterocycles. The molecule has 3 nitrogen and oxygen atoms in total. The molecule has 1 saturated heterocycles. The first-order valence-electron chi connectivity index (χ1n) is 3.63. The van der Waals surface area contributed by atoms with Crippen LogP contribution in [0.5, 0.6) is 0 Å². The minimum Gasteiger partial charge on any atom is -0.308 e. The molecule has 2 atom stereocenters. The van der Waals surface area contributed by atoms with E-state index in [1.54, 1.807) is 4.90 Å². The van der Waals surface area contributed by atoms with Gasteiger partial charge in [0.1, 0.15) is 0 Å². The third-order valence-electron chi connectivity index (χ3n) is 1.70. The lowest BCUT2D eigenvalue weighted by Gasteiger charge is -2.32. The molecule has 1 N–H and O–H groups in total. The highest BCUT2D eigenvalue weighted by molar-refractivity contribution is 4.87. The third-order valence-corrected chi connectivity index (χ3v) is 1.70. The number of hydrogen-bond donors (Lipinski definition) is 1. The molecule has 10 heavy (non-hydrogen) atoms. The zero-order valence-electron chi connectivity index (χ0n) is 6.46. The Morgan fingerprint density at radius 3 is 2.30 bits per heavy atom. The Hall–Kier alpha value is -0.750. The minimum atomic E-state index is 0.448. The number of nitrogens with one attached hydrogen (secondary N) is 1. The monoisotopic (exact) mass is 139 g/mol. The molecule has 0 aromatic rings. The molecule has 1 aliphatic heterocycles. The molecular weight excluding hydrogens is 126 g/mol. The van der Waals surface area contributed by atoms with Crippen molar-refractivity contribution in [3.63, 3.8) is 0 Å². The second kappa shape index (κ2) is 2.89. The van der Waals surface area contributed by atoms with E-state index in [-0.39, 0.29) is 0 Å². The molecule has 0 spiro atoms. The van der Waals surface area contributed by atoms with Gasteiger partial charge in [0, 0.05) is 25.2 Å². The first-order valence-corrected chi connectivity index (χ1v) is 3.63. The maximum atomic E-state index is 8.57. The summed E-state index contributed by atoms with van der Waals surface area (Å²) >= 11 is 0. The Kier molecular flexibility index (Phi) is 2.13. The topological polar surface area (TPSA) is 39.1 Å². The zero-order valence-corrected chi connectivity index (χ0v) is 6.46. The maximum absolute atomic E-state index is 8.57. The van der Waals surface area contributed by atoms with Crippen LogP contribution in [0.2, 0.25) is 0 Å². The summed E-state index contributed by atoms with van der Waals surface area (Å²) in [4.78, 5) is 1.80. The molecule has 0 aromatic heterocycles. The second-order valence-electron chi connectivity index (χ2n) is 2.97. The number of piperazine rings is 1. The lowest BCUT2D eigenvalue weighted by molar-refractivity contribution is 0.240. The molecule has 3 heteroatoms. The highest BCUT2D eigenvalue weighted by Gasteiger charge is 2.18. The number of nitrogens with zero attached hydrogens (tertiary/aromatic N) is 2. The van der Waals surface area contributed by atoms with E-state index in [1.165, 1.54) is 0 Å². The summed E-state index contributed by atoms with van der Waals surface area (Å²) in [5.41, 5.74) is 0. The standard InChI is InChI=1S/C7H13N3/c1-6-3-10(5-8)4-7(2)9-6/h6-7,9H,3-4H2,1-2H3/t6-,7+. The molecule has 56 valence electrons. The lowest BCUT2D eigenvalue weighted by Crippen LogP contribution is -2.52. The Morgan fingerprint density at radius 1 is 1.40 bits per heavy atom. The van der Waals surface area contributed by atoms with Crippen molar-refractivity contribution in [2.75, 3.05) is 13.1 Å². The van der Waals surface area contributed by atoms with Crippen molar-refractivity contribution >= 4 is 0 Å². The van der Waals surface area contributed by atoms with Crippen molar-refractivity contribution in [3.8, 4) is 6.19 Å². The van der Waals surface area contributed by atoms with Gasteiger partial charge in [-0.25, -0.2) is 0 Å². The van der Waals surface area contributed by atoms with E-state index < -0.39 is 0 Å².